The van der Waals surface area contributed by atoms with Crippen LogP contribution in [0, 0.1) is 5.92 Å². The molecule has 0 aliphatic heterocycles. The highest BCUT2D eigenvalue weighted by Crippen LogP contribution is 2.32. The van der Waals surface area contributed by atoms with Crippen molar-refractivity contribution in [2.24, 2.45) is 5.92 Å². The minimum absolute atomic E-state index is 0.0895. The van der Waals surface area contributed by atoms with Crippen molar-refractivity contribution in [2.45, 2.75) is 84.8 Å². The Bertz CT molecular complexity index is 601. The first-order valence-corrected chi connectivity index (χ1v) is 10.1. The quantitative estimate of drug-likeness (QED) is 0.575. The molecule has 2 amide bonds. The fraction of sp³-hybridized carbons (Fsp3) is 0.778. The molecule has 1 rings (SSSR count). The molecule has 0 radical (unpaired) electrons. The number of carbonyl (C=O) groups excluding carboxylic acids is 2. The van der Waals surface area contributed by atoms with Crippen molar-refractivity contribution in [3.8, 4) is 0 Å². The number of hydrogen-bond acceptors (Lipinski definition) is 6. The van der Waals surface area contributed by atoms with Crippen LogP contribution in [0.3, 0.4) is 0 Å². The lowest BCUT2D eigenvalue weighted by molar-refractivity contribution is -0.134. The van der Waals surface area contributed by atoms with E-state index in [1.54, 1.807) is 13.8 Å². The Balaban J connectivity index is 2.79. The molecule has 0 fully saturated rings. The molecule has 0 aliphatic rings. The van der Waals surface area contributed by atoms with Crippen LogP contribution in [-0.4, -0.2) is 39.3 Å². The smallest absolute Gasteiger partial charge is 0.249 e. The summed E-state index contributed by atoms with van der Waals surface area (Å²) in [6.07, 6.45) is 2.09. The molecule has 3 N–H and O–H groups in total. The van der Waals surface area contributed by atoms with Crippen molar-refractivity contribution >= 4 is 28.3 Å². The number of carbonyl (C=O) groups is 2. The molecule has 1 heterocycles. The summed E-state index contributed by atoms with van der Waals surface area (Å²) in [5.41, 5.74) is -0.0895. The summed E-state index contributed by atoms with van der Waals surface area (Å²) in [5.74, 6) is -1.09. The summed E-state index contributed by atoms with van der Waals surface area (Å²) in [6, 6.07) is -0.711. The van der Waals surface area contributed by atoms with Gasteiger partial charge in [-0.1, -0.05) is 65.7 Å². The van der Waals surface area contributed by atoms with Gasteiger partial charge >= 0.3 is 0 Å². The van der Waals surface area contributed by atoms with E-state index in [0.29, 0.717) is 11.6 Å². The van der Waals surface area contributed by atoms with Gasteiger partial charge in [-0.3, -0.25) is 14.9 Å². The number of nitrogens with one attached hydrogen (secondary N) is 2. The van der Waals surface area contributed by atoms with Gasteiger partial charge in [0.15, 0.2) is 0 Å². The van der Waals surface area contributed by atoms with Crippen molar-refractivity contribution in [3.05, 3.63) is 5.01 Å². The number of aliphatic hydroxyl groups excluding tert-OH is 1. The van der Waals surface area contributed by atoms with Gasteiger partial charge in [-0.15, -0.1) is 10.2 Å². The largest absolute Gasteiger partial charge is 0.383 e. The lowest BCUT2D eigenvalue weighted by Gasteiger charge is -2.21. The summed E-state index contributed by atoms with van der Waals surface area (Å²) in [5, 5.41) is 24.8. The van der Waals surface area contributed by atoms with Crippen molar-refractivity contribution in [1.82, 2.24) is 15.5 Å². The molecule has 0 spiro atoms. The van der Waals surface area contributed by atoms with Gasteiger partial charge in [0.25, 0.3) is 0 Å². The van der Waals surface area contributed by atoms with Crippen LogP contribution in [-0.2, 0) is 15.0 Å². The molecular formula is C18H32N4O3S. The average molecular weight is 385 g/mol. The zero-order valence-corrected chi connectivity index (χ0v) is 17.4. The van der Waals surface area contributed by atoms with E-state index in [1.165, 1.54) is 11.3 Å². The van der Waals surface area contributed by atoms with Gasteiger partial charge in [-0.2, -0.15) is 0 Å². The van der Waals surface area contributed by atoms with E-state index >= 15 is 0 Å². The minimum Gasteiger partial charge on any atom is -0.383 e. The predicted molar refractivity (Wildman–Crippen MR) is 104 cm³/mol. The summed E-state index contributed by atoms with van der Waals surface area (Å²) in [7, 11) is 0. The third-order valence-corrected chi connectivity index (χ3v) is 5.42. The maximum Gasteiger partial charge on any atom is 0.249 e. The fourth-order valence-corrected chi connectivity index (χ4v) is 3.47. The topological polar surface area (TPSA) is 104 Å². The first-order chi connectivity index (χ1) is 12.1. The molecule has 1 aromatic heterocycles. The molecule has 0 bridgehead atoms. The van der Waals surface area contributed by atoms with Crippen LogP contribution >= 0.6 is 11.3 Å². The third kappa shape index (κ3) is 6.32. The predicted octanol–water partition coefficient (Wildman–Crippen LogP) is 2.86. The molecule has 0 aromatic carbocycles. The van der Waals surface area contributed by atoms with Crippen LogP contribution < -0.4 is 10.6 Å². The van der Waals surface area contributed by atoms with Gasteiger partial charge < -0.3 is 10.4 Å². The second-order valence-corrected chi connectivity index (χ2v) is 8.55. The second-order valence-electron chi connectivity index (χ2n) is 7.57. The van der Waals surface area contributed by atoms with Gasteiger partial charge in [0.1, 0.15) is 17.2 Å². The SMILES string of the molecule is CCCC(NC(=O)C(O)C(C)C)C(=O)Nc1nnc(C(C)(C)CCC)s1. The van der Waals surface area contributed by atoms with Gasteiger partial charge in [-0.25, -0.2) is 0 Å². The number of anilines is 1. The zero-order valence-electron chi connectivity index (χ0n) is 16.6. The van der Waals surface area contributed by atoms with Gasteiger partial charge in [0.2, 0.25) is 16.9 Å². The van der Waals surface area contributed by atoms with Gasteiger partial charge in [-0.05, 0) is 18.8 Å². The molecule has 0 aliphatic carbocycles. The molecule has 8 heteroatoms. The van der Waals surface area contributed by atoms with E-state index in [4.69, 9.17) is 0 Å². The third-order valence-electron chi connectivity index (χ3n) is 4.22. The van der Waals surface area contributed by atoms with E-state index in [0.717, 1.165) is 24.3 Å². The molecule has 7 nitrogen and oxygen atoms in total. The number of rotatable bonds is 10. The van der Waals surface area contributed by atoms with Crippen molar-refractivity contribution in [1.29, 1.82) is 0 Å². The standard InChI is InChI=1S/C18H32N4O3S/c1-7-9-12(19-15(25)13(23)11(3)4)14(24)20-17-22-21-16(26-17)18(5,6)10-8-2/h11-13,23H,7-10H2,1-6H3,(H,19,25)(H,20,22,24). The fourth-order valence-electron chi connectivity index (χ4n) is 2.59. The molecule has 1 aromatic rings. The summed E-state index contributed by atoms with van der Waals surface area (Å²) >= 11 is 1.36. The van der Waals surface area contributed by atoms with E-state index in [9.17, 15) is 14.7 Å². The Labute approximate surface area is 160 Å². The maximum absolute atomic E-state index is 12.5. The van der Waals surface area contributed by atoms with Crippen molar-refractivity contribution in [3.63, 3.8) is 0 Å². The van der Waals surface area contributed by atoms with Crippen molar-refractivity contribution in [2.75, 3.05) is 5.32 Å². The van der Waals surface area contributed by atoms with E-state index < -0.39 is 18.1 Å². The number of aliphatic hydroxyl groups is 1. The van der Waals surface area contributed by atoms with Crippen molar-refractivity contribution < 1.29 is 14.7 Å². The normalized spacial score (nSPS) is 14.2. The molecular weight excluding hydrogens is 352 g/mol. The summed E-state index contributed by atoms with van der Waals surface area (Å²) < 4.78 is 0. The van der Waals surface area contributed by atoms with E-state index in [1.807, 2.05) is 6.92 Å². The highest BCUT2D eigenvalue weighted by molar-refractivity contribution is 7.15. The number of nitrogens with zero attached hydrogens (tertiary/aromatic N) is 2. The van der Waals surface area contributed by atoms with Crippen LogP contribution in [0.15, 0.2) is 0 Å². The summed E-state index contributed by atoms with van der Waals surface area (Å²) in [4.78, 5) is 24.6. The Morgan fingerprint density at radius 2 is 1.81 bits per heavy atom. The highest BCUT2D eigenvalue weighted by atomic mass is 32.1. The number of hydrogen-bond donors (Lipinski definition) is 3. The number of amides is 2. The maximum atomic E-state index is 12.5. The zero-order chi connectivity index (χ0) is 19.9. The van der Waals surface area contributed by atoms with Gasteiger partial charge in [0, 0.05) is 5.41 Å². The van der Waals surface area contributed by atoms with E-state index in [2.05, 4.69) is 41.6 Å². The minimum atomic E-state index is -1.13. The Kier molecular flexibility index (Phi) is 8.62. The lowest BCUT2D eigenvalue weighted by atomic mass is 9.89. The van der Waals surface area contributed by atoms with Gasteiger partial charge in [0.05, 0.1) is 0 Å². The monoisotopic (exact) mass is 384 g/mol. The van der Waals surface area contributed by atoms with Crippen LogP contribution in [0.4, 0.5) is 5.13 Å². The number of aromatic nitrogens is 2. The van der Waals surface area contributed by atoms with Crippen LogP contribution in [0.25, 0.3) is 0 Å². The first kappa shape index (κ1) is 22.5. The second kappa shape index (κ2) is 9.97. The van der Waals surface area contributed by atoms with Crippen LogP contribution in [0.5, 0.6) is 0 Å². The molecule has 26 heavy (non-hydrogen) atoms. The highest BCUT2D eigenvalue weighted by Gasteiger charge is 2.28. The molecule has 0 saturated carbocycles. The molecule has 2 atom stereocenters. The Morgan fingerprint density at radius 3 is 2.35 bits per heavy atom. The Hall–Kier alpha value is -1.54. The average Bonchev–Trinajstić information content (AvgIpc) is 3.02. The first-order valence-electron chi connectivity index (χ1n) is 9.25. The summed E-state index contributed by atoms with van der Waals surface area (Å²) in [6.45, 7) is 11.8. The van der Waals surface area contributed by atoms with Crippen LogP contribution in [0.2, 0.25) is 0 Å². The Morgan fingerprint density at radius 1 is 1.15 bits per heavy atom. The lowest BCUT2D eigenvalue weighted by Crippen LogP contribution is -2.48. The molecule has 2 unspecified atom stereocenters. The molecule has 0 saturated heterocycles. The van der Waals surface area contributed by atoms with Crippen LogP contribution in [0.1, 0.15) is 72.2 Å². The van der Waals surface area contributed by atoms with E-state index in [-0.39, 0.29) is 17.2 Å². The molecule has 148 valence electrons.